The van der Waals surface area contributed by atoms with Crippen LogP contribution in [0.25, 0.3) is 0 Å². The Morgan fingerprint density at radius 3 is 2.17 bits per heavy atom. The van der Waals surface area contributed by atoms with Crippen LogP contribution in [-0.4, -0.2) is 39.1 Å². The first-order valence-corrected chi connectivity index (χ1v) is 9.09. The zero-order valence-electron chi connectivity index (χ0n) is 13.5. The van der Waals surface area contributed by atoms with E-state index in [1.165, 1.54) is 12.1 Å². The Morgan fingerprint density at radius 1 is 1.13 bits per heavy atom. The minimum Gasteiger partial charge on any atom is -0.350 e. The maximum absolute atomic E-state index is 11.7. The van der Waals surface area contributed by atoms with Crippen LogP contribution in [0.15, 0.2) is 29.2 Å². The number of hydrogen-bond donors (Lipinski definition) is 3. The van der Waals surface area contributed by atoms with Gasteiger partial charge in [-0.3, -0.25) is 9.59 Å². The van der Waals surface area contributed by atoms with Crippen LogP contribution in [0.2, 0.25) is 0 Å². The third-order valence-corrected chi connectivity index (χ3v) is 4.41. The van der Waals surface area contributed by atoms with Gasteiger partial charge in [-0.05, 0) is 23.6 Å². The number of nitrogens with one attached hydrogen (secondary N) is 2. The van der Waals surface area contributed by atoms with Crippen molar-refractivity contribution in [3.8, 4) is 0 Å². The predicted molar refractivity (Wildman–Crippen MR) is 87.2 cm³/mol. The van der Waals surface area contributed by atoms with Crippen molar-refractivity contribution in [3.05, 3.63) is 29.8 Å². The summed E-state index contributed by atoms with van der Waals surface area (Å²) < 4.78 is 22.7. The van der Waals surface area contributed by atoms with E-state index in [1.54, 1.807) is 12.1 Å². The summed E-state index contributed by atoms with van der Waals surface area (Å²) in [6, 6.07) is 5.58. The van der Waals surface area contributed by atoms with Crippen LogP contribution in [0.3, 0.4) is 0 Å². The lowest BCUT2D eigenvalue weighted by molar-refractivity contribution is -0.127. The van der Waals surface area contributed by atoms with E-state index >= 15 is 0 Å². The molecule has 23 heavy (non-hydrogen) atoms. The van der Waals surface area contributed by atoms with Crippen LogP contribution in [-0.2, 0) is 26.0 Å². The van der Waals surface area contributed by atoms with Crippen molar-refractivity contribution in [1.82, 2.24) is 10.6 Å². The van der Waals surface area contributed by atoms with Gasteiger partial charge in [-0.25, -0.2) is 8.42 Å². The SMILES string of the molecule is CC(C)[C@H](N)C(=O)NCC(=O)NCc1ccc(S(C)(=O)=O)cc1. The molecule has 2 amide bonds. The number of carbonyl (C=O) groups excluding carboxylic acids is 2. The average Bonchev–Trinajstić information content (AvgIpc) is 2.49. The number of sulfone groups is 1. The molecule has 1 rings (SSSR count). The Hall–Kier alpha value is -1.93. The summed E-state index contributed by atoms with van der Waals surface area (Å²) in [5.41, 5.74) is 6.43. The Morgan fingerprint density at radius 2 is 1.70 bits per heavy atom. The van der Waals surface area contributed by atoms with Gasteiger partial charge in [0.2, 0.25) is 11.8 Å². The smallest absolute Gasteiger partial charge is 0.239 e. The maximum Gasteiger partial charge on any atom is 0.239 e. The zero-order chi connectivity index (χ0) is 17.6. The van der Waals surface area contributed by atoms with Crippen molar-refractivity contribution in [3.63, 3.8) is 0 Å². The molecule has 0 radical (unpaired) electrons. The maximum atomic E-state index is 11.7. The van der Waals surface area contributed by atoms with Gasteiger partial charge >= 0.3 is 0 Å². The molecule has 7 nitrogen and oxygen atoms in total. The van der Waals surface area contributed by atoms with Crippen molar-refractivity contribution >= 4 is 21.7 Å². The van der Waals surface area contributed by atoms with Crippen molar-refractivity contribution in [2.24, 2.45) is 11.7 Å². The molecule has 1 atom stereocenters. The monoisotopic (exact) mass is 341 g/mol. The highest BCUT2D eigenvalue weighted by Crippen LogP contribution is 2.10. The quantitative estimate of drug-likeness (QED) is 0.635. The van der Waals surface area contributed by atoms with Gasteiger partial charge in [0, 0.05) is 12.8 Å². The van der Waals surface area contributed by atoms with Gasteiger partial charge in [-0.1, -0.05) is 26.0 Å². The van der Waals surface area contributed by atoms with Crippen LogP contribution < -0.4 is 16.4 Å². The van der Waals surface area contributed by atoms with Crippen LogP contribution >= 0.6 is 0 Å². The van der Waals surface area contributed by atoms with Crippen molar-refractivity contribution in [2.75, 3.05) is 12.8 Å². The Labute approximate surface area is 136 Å². The second-order valence-corrected chi connectivity index (χ2v) is 7.70. The first-order valence-electron chi connectivity index (χ1n) is 7.20. The van der Waals surface area contributed by atoms with Crippen molar-refractivity contribution in [2.45, 2.75) is 31.3 Å². The second-order valence-electron chi connectivity index (χ2n) is 5.68. The molecular weight excluding hydrogens is 318 g/mol. The lowest BCUT2D eigenvalue weighted by Crippen LogP contribution is -2.47. The fourth-order valence-corrected chi connectivity index (χ4v) is 2.34. The van der Waals surface area contributed by atoms with Gasteiger partial charge in [-0.15, -0.1) is 0 Å². The van der Waals surface area contributed by atoms with E-state index in [0.717, 1.165) is 11.8 Å². The molecule has 0 aliphatic rings. The molecule has 0 aliphatic heterocycles. The summed E-state index contributed by atoms with van der Waals surface area (Å²) >= 11 is 0. The zero-order valence-corrected chi connectivity index (χ0v) is 14.3. The summed E-state index contributed by atoms with van der Waals surface area (Å²) in [7, 11) is -3.23. The molecule has 0 aromatic heterocycles. The van der Waals surface area contributed by atoms with Gasteiger partial charge in [0.05, 0.1) is 17.5 Å². The summed E-state index contributed by atoms with van der Waals surface area (Å²) in [6.07, 6.45) is 1.13. The number of benzene rings is 1. The number of hydrogen-bond acceptors (Lipinski definition) is 5. The molecule has 128 valence electrons. The van der Waals surface area contributed by atoms with Gasteiger partial charge in [0.15, 0.2) is 9.84 Å². The van der Waals surface area contributed by atoms with E-state index in [4.69, 9.17) is 5.73 Å². The Balaban J connectivity index is 2.43. The third-order valence-electron chi connectivity index (χ3n) is 3.29. The van der Waals surface area contributed by atoms with Crippen LogP contribution in [0.5, 0.6) is 0 Å². The molecule has 8 heteroatoms. The van der Waals surface area contributed by atoms with E-state index in [0.29, 0.717) is 0 Å². The Kier molecular flexibility index (Phi) is 6.71. The van der Waals surface area contributed by atoms with Crippen molar-refractivity contribution in [1.29, 1.82) is 0 Å². The van der Waals surface area contributed by atoms with Gasteiger partial charge < -0.3 is 16.4 Å². The molecular formula is C15H23N3O4S. The number of rotatable bonds is 7. The topological polar surface area (TPSA) is 118 Å². The van der Waals surface area contributed by atoms with E-state index in [1.807, 2.05) is 13.8 Å². The molecule has 0 heterocycles. The first kappa shape index (κ1) is 19.1. The van der Waals surface area contributed by atoms with E-state index in [2.05, 4.69) is 10.6 Å². The van der Waals surface area contributed by atoms with Crippen LogP contribution in [0, 0.1) is 5.92 Å². The molecule has 0 saturated heterocycles. The molecule has 0 bridgehead atoms. The molecule has 0 aliphatic carbocycles. The first-order chi connectivity index (χ1) is 10.6. The number of nitrogens with two attached hydrogens (primary N) is 1. The average molecular weight is 341 g/mol. The highest BCUT2D eigenvalue weighted by molar-refractivity contribution is 7.90. The fourth-order valence-electron chi connectivity index (χ4n) is 1.71. The largest absolute Gasteiger partial charge is 0.350 e. The van der Waals surface area contributed by atoms with E-state index < -0.39 is 15.9 Å². The summed E-state index contributed by atoms with van der Waals surface area (Å²) in [5, 5.41) is 5.11. The molecule has 0 fully saturated rings. The van der Waals surface area contributed by atoms with Gasteiger partial charge in [-0.2, -0.15) is 0 Å². The molecule has 4 N–H and O–H groups in total. The minimum absolute atomic E-state index is 0.00794. The van der Waals surface area contributed by atoms with Crippen molar-refractivity contribution < 1.29 is 18.0 Å². The Bertz CT molecular complexity index is 654. The molecule has 1 aromatic rings. The van der Waals surface area contributed by atoms with Crippen LogP contribution in [0.4, 0.5) is 0 Å². The van der Waals surface area contributed by atoms with Crippen LogP contribution in [0.1, 0.15) is 19.4 Å². The van der Waals surface area contributed by atoms with Gasteiger partial charge in [0.25, 0.3) is 0 Å². The second kappa shape index (κ2) is 8.07. The molecule has 1 aromatic carbocycles. The highest BCUT2D eigenvalue weighted by atomic mass is 32.2. The molecule has 0 saturated carbocycles. The van der Waals surface area contributed by atoms with Gasteiger partial charge in [0.1, 0.15) is 0 Å². The lowest BCUT2D eigenvalue weighted by Gasteiger charge is -2.15. The fraction of sp³-hybridized carbons (Fsp3) is 0.467. The summed E-state index contributed by atoms with van der Waals surface area (Å²) in [6.45, 7) is 3.74. The van der Waals surface area contributed by atoms with E-state index in [-0.39, 0.29) is 35.7 Å². The summed E-state index contributed by atoms with van der Waals surface area (Å²) in [5.74, 6) is -0.722. The third kappa shape index (κ3) is 6.37. The summed E-state index contributed by atoms with van der Waals surface area (Å²) in [4.78, 5) is 23.5. The molecule has 0 spiro atoms. The molecule has 0 unspecified atom stereocenters. The number of carbonyl (C=O) groups is 2. The van der Waals surface area contributed by atoms with E-state index in [9.17, 15) is 18.0 Å². The minimum atomic E-state index is -3.23. The lowest BCUT2D eigenvalue weighted by atomic mass is 10.1. The predicted octanol–water partition coefficient (Wildman–Crippen LogP) is -0.194. The highest BCUT2D eigenvalue weighted by Gasteiger charge is 2.17. The standard InChI is InChI=1S/C15H23N3O4S/c1-10(2)14(16)15(20)18-9-13(19)17-8-11-4-6-12(7-5-11)23(3,21)22/h4-7,10,14H,8-9,16H2,1-3H3,(H,17,19)(H,18,20)/t14-/m0/s1. The number of amides is 2. The normalized spacial score (nSPS) is 12.7.